The van der Waals surface area contributed by atoms with Crippen LogP contribution in [0.2, 0.25) is 0 Å². The van der Waals surface area contributed by atoms with E-state index < -0.39 is 0 Å². The Morgan fingerprint density at radius 1 is 1.47 bits per heavy atom. The molecule has 2 rings (SSSR count). The molecule has 0 radical (unpaired) electrons. The highest BCUT2D eigenvalue weighted by Crippen LogP contribution is 2.33. The zero-order valence-corrected chi connectivity index (χ0v) is 11.8. The van der Waals surface area contributed by atoms with Gasteiger partial charge in [0.2, 0.25) is 0 Å². The molecule has 5 heteroatoms. The van der Waals surface area contributed by atoms with Crippen molar-refractivity contribution in [3.05, 3.63) is 33.9 Å². The van der Waals surface area contributed by atoms with Gasteiger partial charge >= 0.3 is 0 Å². The highest BCUT2D eigenvalue weighted by Gasteiger charge is 2.07. The van der Waals surface area contributed by atoms with Gasteiger partial charge in [-0.1, -0.05) is 0 Å². The van der Waals surface area contributed by atoms with Gasteiger partial charge in [0.25, 0.3) is 0 Å². The van der Waals surface area contributed by atoms with Crippen molar-refractivity contribution in [3.8, 4) is 16.2 Å². The Kier molecular flexibility index (Phi) is 4.15. The van der Waals surface area contributed by atoms with Crippen LogP contribution >= 0.6 is 27.3 Å². The van der Waals surface area contributed by atoms with Crippen LogP contribution < -0.4 is 10.5 Å². The molecule has 0 spiro atoms. The average Bonchev–Trinajstić information content (AvgIpc) is 2.78. The Morgan fingerprint density at radius 3 is 2.94 bits per heavy atom. The Morgan fingerprint density at radius 2 is 2.29 bits per heavy atom. The first-order valence-electron chi connectivity index (χ1n) is 5.23. The van der Waals surface area contributed by atoms with E-state index in [1.165, 1.54) is 0 Å². The van der Waals surface area contributed by atoms with E-state index >= 15 is 0 Å². The van der Waals surface area contributed by atoms with E-state index in [4.69, 9.17) is 10.5 Å². The van der Waals surface area contributed by atoms with Crippen LogP contribution in [0.1, 0.15) is 5.01 Å². The van der Waals surface area contributed by atoms with E-state index in [2.05, 4.69) is 20.9 Å². The van der Waals surface area contributed by atoms with Crippen LogP contribution in [0.15, 0.2) is 28.9 Å². The molecule has 0 bridgehead atoms. The van der Waals surface area contributed by atoms with E-state index in [1.807, 2.05) is 24.4 Å². The van der Waals surface area contributed by atoms with Gasteiger partial charge in [0.05, 0.1) is 21.5 Å². The predicted octanol–water partition coefficient (Wildman–Crippen LogP) is 3.08. The molecule has 0 unspecified atom stereocenters. The lowest BCUT2D eigenvalue weighted by Gasteiger charge is -2.04. The van der Waals surface area contributed by atoms with Gasteiger partial charge in [0, 0.05) is 12.6 Å². The van der Waals surface area contributed by atoms with E-state index in [-0.39, 0.29) is 0 Å². The average molecular weight is 313 g/mol. The summed E-state index contributed by atoms with van der Waals surface area (Å²) < 4.78 is 6.15. The number of methoxy groups -OCH3 is 1. The van der Waals surface area contributed by atoms with E-state index in [1.54, 1.807) is 18.4 Å². The molecule has 0 aliphatic carbocycles. The molecule has 1 aromatic heterocycles. The molecule has 0 atom stereocenters. The summed E-state index contributed by atoms with van der Waals surface area (Å²) in [6, 6.07) is 6.02. The highest BCUT2D eigenvalue weighted by atomic mass is 79.9. The maximum Gasteiger partial charge on any atom is 0.133 e. The van der Waals surface area contributed by atoms with E-state index in [0.717, 1.165) is 32.1 Å². The van der Waals surface area contributed by atoms with Gasteiger partial charge in [-0.25, -0.2) is 4.98 Å². The summed E-state index contributed by atoms with van der Waals surface area (Å²) in [5.41, 5.74) is 6.65. The second kappa shape index (κ2) is 5.62. The van der Waals surface area contributed by atoms with Crippen LogP contribution in [0.5, 0.6) is 5.75 Å². The number of aromatic nitrogens is 1. The van der Waals surface area contributed by atoms with Gasteiger partial charge in [-0.3, -0.25) is 0 Å². The first kappa shape index (κ1) is 12.5. The molecule has 0 amide bonds. The number of ether oxygens (including phenoxy) is 1. The Labute approximate surface area is 113 Å². The van der Waals surface area contributed by atoms with Gasteiger partial charge < -0.3 is 10.5 Å². The number of thiazole rings is 1. The van der Waals surface area contributed by atoms with Crippen LogP contribution in [0.3, 0.4) is 0 Å². The van der Waals surface area contributed by atoms with Gasteiger partial charge in [0.1, 0.15) is 5.75 Å². The SMILES string of the molecule is COc1ccc(-c2cnc(CCN)s2)cc1Br. The molecule has 0 aliphatic rings. The summed E-state index contributed by atoms with van der Waals surface area (Å²) in [5, 5.41) is 1.08. The largest absolute Gasteiger partial charge is 0.496 e. The summed E-state index contributed by atoms with van der Waals surface area (Å²) in [6.07, 6.45) is 2.73. The monoisotopic (exact) mass is 312 g/mol. The molecule has 0 saturated carbocycles. The molecule has 2 aromatic rings. The summed E-state index contributed by atoms with van der Waals surface area (Å²) in [6.45, 7) is 0.638. The van der Waals surface area contributed by atoms with Crippen LogP contribution in [0, 0.1) is 0 Å². The van der Waals surface area contributed by atoms with Crippen molar-refractivity contribution in [2.75, 3.05) is 13.7 Å². The molecular weight excluding hydrogens is 300 g/mol. The van der Waals surface area contributed by atoms with Crippen molar-refractivity contribution < 1.29 is 4.74 Å². The van der Waals surface area contributed by atoms with Crippen molar-refractivity contribution in [2.24, 2.45) is 5.73 Å². The van der Waals surface area contributed by atoms with Gasteiger partial charge in [-0.15, -0.1) is 11.3 Å². The molecule has 0 saturated heterocycles. The van der Waals surface area contributed by atoms with Crippen LogP contribution in [0.4, 0.5) is 0 Å². The van der Waals surface area contributed by atoms with E-state index in [0.29, 0.717) is 6.54 Å². The predicted molar refractivity (Wildman–Crippen MR) is 74.6 cm³/mol. The Bertz CT molecular complexity index is 513. The van der Waals surface area contributed by atoms with E-state index in [9.17, 15) is 0 Å². The van der Waals surface area contributed by atoms with Gasteiger partial charge in [0.15, 0.2) is 0 Å². The lowest BCUT2D eigenvalue weighted by Crippen LogP contribution is -2.01. The second-order valence-corrected chi connectivity index (χ2v) is 5.48. The number of rotatable bonds is 4. The third-order valence-corrected chi connectivity index (χ3v) is 4.07. The minimum absolute atomic E-state index is 0.638. The fourth-order valence-electron chi connectivity index (χ4n) is 1.50. The van der Waals surface area contributed by atoms with Gasteiger partial charge in [-0.05, 0) is 46.2 Å². The quantitative estimate of drug-likeness (QED) is 0.943. The summed E-state index contributed by atoms with van der Waals surface area (Å²) in [5.74, 6) is 0.834. The van der Waals surface area contributed by atoms with Crippen LogP contribution in [-0.2, 0) is 6.42 Å². The summed E-state index contributed by atoms with van der Waals surface area (Å²) in [4.78, 5) is 5.50. The molecule has 1 heterocycles. The summed E-state index contributed by atoms with van der Waals surface area (Å²) in [7, 11) is 1.66. The number of halogens is 1. The topological polar surface area (TPSA) is 48.1 Å². The number of hydrogen-bond acceptors (Lipinski definition) is 4. The van der Waals surface area contributed by atoms with Crippen molar-refractivity contribution >= 4 is 27.3 Å². The molecule has 0 fully saturated rings. The normalized spacial score (nSPS) is 10.5. The minimum atomic E-state index is 0.638. The fraction of sp³-hybridized carbons (Fsp3) is 0.250. The number of benzene rings is 1. The molecule has 90 valence electrons. The number of nitrogens with two attached hydrogens (primary N) is 1. The molecular formula is C12H13BrN2OS. The number of nitrogens with zero attached hydrogens (tertiary/aromatic N) is 1. The minimum Gasteiger partial charge on any atom is -0.496 e. The first-order valence-corrected chi connectivity index (χ1v) is 6.84. The smallest absolute Gasteiger partial charge is 0.133 e. The van der Waals surface area contributed by atoms with Crippen molar-refractivity contribution in [3.63, 3.8) is 0 Å². The second-order valence-electron chi connectivity index (χ2n) is 3.51. The molecule has 1 aromatic carbocycles. The maximum atomic E-state index is 5.51. The Hall–Kier alpha value is -0.910. The maximum absolute atomic E-state index is 5.51. The van der Waals surface area contributed by atoms with Crippen molar-refractivity contribution in [2.45, 2.75) is 6.42 Å². The Balaban J connectivity index is 2.29. The van der Waals surface area contributed by atoms with Crippen molar-refractivity contribution in [1.82, 2.24) is 4.98 Å². The molecule has 2 N–H and O–H groups in total. The third kappa shape index (κ3) is 2.86. The zero-order valence-electron chi connectivity index (χ0n) is 9.44. The van der Waals surface area contributed by atoms with Crippen LogP contribution in [-0.4, -0.2) is 18.6 Å². The first-order chi connectivity index (χ1) is 8.24. The summed E-state index contributed by atoms with van der Waals surface area (Å²) >= 11 is 5.16. The van der Waals surface area contributed by atoms with Gasteiger partial charge in [-0.2, -0.15) is 0 Å². The third-order valence-electron chi connectivity index (χ3n) is 2.35. The number of hydrogen-bond donors (Lipinski definition) is 1. The molecule has 17 heavy (non-hydrogen) atoms. The molecule has 0 aliphatic heterocycles. The van der Waals surface area contributed by atoms with Crippen LogP contribution in [0.25, 0.3) is 10.4 Å². The molecule has 3 nitrogen and oxygen atoms in total. The fourth-order valence-corrected chi connectivity index (χ4v) is 2.97. The standard InChI is InChI=1S/C12H13BrN2OS/c1-16-10-3-2-8(6-9(10)13)11-7-15-12(17-11)4-5-14/h2-3,6-7H,4-5,14H2,1H3. The lowest BCUT2D eigenvalue weighted by molar-refractivity contribution is 0.412. The lowest BCUT2D eigenvalue weighted by atomic mass is 10.2. The van der Waals surface area contributed by atoms with Crippen molar-refractivity contribution in [1.29, 1.82) is 0 Å². The zero-order chi connectivity index (χ0) is 12.3. The highest BCUT2D eigenvalue weighted by molar-refractivity contribution is 9.10.